The predicted octanol–water partition coefficient (Wildman–Crippen LogP) is 3.92. The second kappa shape index (κ2) is 6.35. The third-order valence-corrected chi connectivity index (χ3v) is 4.18. The zero-order valence-electron chi connectivity index (χ0n) is 11.7. The number of hydrogen-bond acceptors (Lipinski definition) is 3. The van der Waals surface area contributed by atoms with Crippen LogP contribution in [0.3, 0.4) is 0 Å². The van der Waals surface area contributed by atoms with Gasteiger partial charge in [-0.1, -0.05) is 38.3 Å². The molecule has 2 unspecified atom stereocenters. The Hall–Kier alpha value is -0.860. The molecule has 0 spiro atoms. The first-order valence-electron chi connectivity index (χ1n) is 7.41. The minimum atomic E-state index is -0.104. The maximum atomic E-state index is 11.9. The van der Waals surface area contributed by atoms with E-state index in [1.54, 1.807) is 0 Å². The van der Waals surface area contributed by atoms with E-state index in [-0.39, 0.29) is 11.9 Å². The second-order valence-corrected chi connectivity index (χ2v) is 6.26. The van der Waals surface area contributed by atoms with Crippen LogP contribution in [-0.2, 0) is 9.63 Å². The van der Waals surface area contributed by atoms with Gasteiger partial charge in [0.15, 0.2) is 0 Å². The first kappa shape index (κ1) is 13.6. The molecule has 0 aliphatic heterocycles. The summed E-state index contributed by atoms with van der Waals surface area (Å²) in [7, 11) is 0. The molecule has 0 N–H and O–H groups in total. The van der Waals surface area contributed by atoms with Crippen molar-refractivity contribution >= 4 is 11.7 Å². The first-order valence-corrected chi connectivity index (χ1v) is 7.41. The van der Waals surface area contributed by atoms with Crippen molar-refractivity contribution in [3.05, 3.63) is 0 Å². The van der Waals surface area contributed by atoms with Gasteiger partial charge in [-0.05, 0) is 43.9 Å². The molecule has 3 heteroatoms. The standard InChI is InChI=1S/C15H25NO2/c1-11-8-12(2)10-14(9-11)16-18-15(17)13-6-4-3-5-7-13/h11-13H,3-10H2,1-2H3. The van der Waals surface area contributed by atoms with Gasteiger partial charge in [-0.2, -0.15) is 0 Å². The van der Waals surface area contributed by atoms with Gasteiger partial charge in [0.25, 0.3) is 0 Å². The SMILES string of the molecule is CC1CC(=NOC(=O)C2CCCCC2)CC(C)C1. The fourth-order valence-corrected chi connectivity index (χ4v) is 3.34. The molecule has 0 radical (unpaired) electrons. The van der Waals surface area contributed by atoms with Gasteiger partial charge in [0, 0.05) is 0 Å². The number of nitrogens with zero attached hydrogens (tertiary/aromatic N) is 1. The summed E-state index contributed by atoms with van der Waals surface area (Å²) in [4.78, 5) is 17.0. The molecule has 3 nitrogen and oxygen atoms in total. The van der Waals surface area contributed by atoms with Crippen LogP contribution in [0, 0.1) is 17.8 Å². The van der Waals surface area contributed by atoms with Crippen LogP contribution in [0.4, 0.5) is 0 Å². The molecule has 2 atom stereocenters. The number of rotatable bonds is 2. The fraction of sp³-hybridized carbons (Fsp3) is 0.867. The molecular formula is C15H25NO2. The van der Waals surface area contributed by atoms with Crippen molar-refractivity contribution in [1.29, 1.82) is 0 Å². The maximum Gasteiger partial charge on any atom is 0.338 e. The number of carbonyl (C=O) groups excluding carboxylic acids is 1. The van der Waals surface area contributed by atoms with Crippen LogP contribution in [0.2, 0.25) is 0 Å². The quantitative estimate of drug-likeness (QED) is 0.551. The lowest BCUT2D eigenvalue weighted by Crippen LogP contribution is -2.22. The fourth-order valence-electron chi connectivity index (χ4n) is 3.34. The summed E-state index contributed by atoms with van der Waals surface area (Å²) in [5.74, 6) is 1.33. The van der Waals surface area contributed by atoms with Crippen molar-refractivity contribution in [2.24, 2.45) is 22.9 Å². The van der Waals surface area contributed by atoms with E-state index in [9.17, 15) is 4.79 Å². The Kier molecular flexibility index (Phi) is 4.79. The van der Waals surface area contributed by atoms with Gasteiger partial charge in [0.1, 0.15) is 0 Å². The molecule has 0 aromatic rings. The minimum absolute atomic E-state index is 0.0986. The lowest BCUT2D eigenvalue weighted by molar-refractivity contribution is -0.149. The average Bonchev–Trinajstić information content (AvgIpc) is 2.36. The van der Waals surface area contributed by atoms with E-state index in [1.807, 2.05) is 0 Å². The summed E-state index contributed by atoms with van der Waals surface area (Å²) in [5, 5.41) is 4.13. The van der Waals surface area contributed by atoms with E-state index < -0.39 is 0 Å². The van der Waals surface area contributed by atoms with E-state index in [4.69, 9.17) is 4.84 Å². The molecule has 0 aromatic heterocycles. The third-order valence-electron chi connectivity index (χ3n) is 4.18. The Bertz CT molecular complexity index is 306. The smallest absolute Gasteiger partial charge is 0.318 e. The molecule has 2 aliphatic carbocycles. The van der Waals surface area contributed by atoms with Crippen molar-refractivity contribution in [2.75, 3.05) is 0 Å². The molecule has 0 aromatic carbocycles. The number of oxime groups is 1. The van der Waals surface area contributed by atoms with Crippen LogP contribution >= 0.6 is 0 Å². The number of carbonyl (C=O) groups is 1. The number of hydrogen-bond donors (Lipinski definition) is 0. The summed E-state index contributed by atoms with van der Waals surface area (Å²) in [5.41, 5.74) is 1.07. The summed E-state index contributed by atoms with van der Waals surface area (Å²) in [6, 6.07) is 0. The minimum Gasteiger partial charge on any atom is -0.318 e. The predicted molar refractivity (Wildman–Crippen MR) is 72.3 cm³/mol. The highest BCUT2D eigenvalue weighted by atomic mass is 16.7. The van der Waals surface area contributed by atoms with Crippen LogP contribution in [0.1, 0.15) is 65.2 Å². The highest BCUT2D eigenvalue weighted by Crippen LogP contribution is 2.27. The van der Waals surface area contributed by atoms with E-state index in [0.29, 0.717) is 11.8 Å². The molecule has 0 saturated heterocycles. The second-order valence-electron chi connectivity index (χ2n) is 6.26. The van der Waals surface area contributed by atoms with Gasteiger partial charge < -0.3 is 4.84 Å². The van der Waals surface area contributed by atoms with Crippen LogP contribution in [0.5, 0.6) is 0 Å². The topological polar surface area (TPSA) is 38.7 Å². The molecule has 0 amide bonds. The lowest BCUT2D eigenvalue weighted by Gasteiger charge is -2.24. The highest BCUT2D eigenvalue weighted by molar-refractivity contribution is 5.86. The molecule has 0 heterocycles. The molecular weight excluding hydrogens is 226 g/mol. The van der Waals surface area contributed by atoms with Gasteiger partial charge >= 0.3 is 5.97 Å². The van der Waals surface area contributed by atoms with Gasteiger partial charge in [-0.25, -0.2) is 4.79 Å². The van der Waals surface area contributed by atoms with Gasteiger partial charge in [0.05, 0.1) is 11.6 Å². The lowest BCUT2D eigenvalue weighted by atomic mass is 9.82. The van der Waals surface area contributed by atoms with Crippen molar-refractivity contribution < 1.29 is 9.63 Å². The maximum absolute atomic E-state index is 11.9. The van der Waals surface area contributed by atoms with Gasteiger partial charge in [-0.3, -0.25) is 0 Å². The van der Waals surface area contributed by atoms with Crippen LogP contribution in [0.25, 0.3) is 0 Å². The monoisotopic (exact) mass is 251 g/mol. The van der Waals surface area contributed by atoms with Gasteiger partial charge in [0.2, 0.25) is 0 Å². The molecule has 2 aliphatic rings. The molecule has 102 valence electrons. The van der Waals surface area contributed by atoms with Gasteiger partial charge in [-0.15, -0.1) is 0 Å². The molecule has 2 rings (SSSR count). The Morgan fingerprint density at radius 1 is 1.11 bits per heavy atom. The molecule has 2 fully saturated rings. The van der Waals surface area contributed by atoms with Crippen LogP contribution in [0.15, 0.2) is 5.16 Å². The van der Waals surface area contributed by atoms with E-state index in [0.717, 1.165) is 44.2 Å². The Morgan fingerprint density at radius 2 is 1.72 bits per heavy atom. The summed E-state index contributed by atoms with van der Waals surface area (Å²) in [6.45, 7) is 4.49. The largest absolute Gasteiger partial charge is 0.338 e. The highest BCUT2D eigenvalue weighted by Gasteiger charge is 2.24. The summed E-state index contributed by atoms with van der Waals surface area (Å²) in [6.07, 6.45) is 8.77. The van der Waals surface area contributed by atoms with Crippen molar-refractivity contribution in [2.45, 2.75) is 65.2 Å². The zero-order valence-corrected chi connectivity index (χ0v) is 11.7. The Labute approximate surface area is 110 Å². The normalized spacial score (nSPS) is 30.0. The third kappa shape index (κ3) is 3.82. The Morgan fingerprint density at radius 3 is 2.33 bits per heavy atom. The summed E-state index contributed by atoms with van der Waals surface area (Å²) < 4.78 is 0. The molecule has 18 heavy (non-hydrogen) atoms. The first-order chi connectivity index (χ1) is 8.65. The van der Waals surface area contributed by atoms with E-state index >= 15 is 0 Å². The van der Waals surface area contributed by atoms with Crippen LogP contribution in [-0.4, -0.2) is 11.7 Å². The molecule has 0 bridgehead atoms. The van der Waals surface area contributed by atoms with Crippen molar-refractivity contribution in [1.82, 2.24) is 0 Å². The van der Waals surface area contributed by atoms with E-state index in [1.165, 1.54) is 12.8 Å². The van der Waals surface area contributed by atoms with Crippen molar-refractivity contribution in [3.8, 4) is 0 Å². The summed E-state index contributed by atoms with van der Waals surface area (Å²) >= 11 is 0. The van der Waals surface area contributed by atoms with Crippen molar-refractivity contribution in [3.63, 3.8) is 0 Å². The molecule has 2 saturated carbocycles. The average molecular weight is 251 g/mol. The van der Waals surface area contributed by atoms with E-state index in [2.05, 4.69) is 19.0 Å². The zero-order chi connectivity index (χ0) is 13.0. The van der Waals surface area contributed by atoms with Crippen LogP contribution < -0.4 is 0 Å². The Balaban J connectivity index is 1.83.